The lowest BCUT2D eigenvalue weighted by atomic mass is 9.96. The van der Waals surface area contributed by atoms with Crippen LogP contribution in [0.3, 0.4) is 0 Å². The molecule has 27 heavy (non-hydrogen) atoms. The van der Waals surface area contributed by atoms with Crippen molar-refractivity contribution in [3.05, 3.63) is 58.3 Å². The van der Waals surface area contributed by atoms with Crippen molar-refractivity contribution in [3.8, 4) is 0 Å². The van der Waals surface area contributed by atoms with Gasteiger partial charge in [0, 0.05) is 24.0 Å². The molecule has 1 aromatic carbocycles. The van der Waals surface area contributed by atoms with E-state index in [0.29, 0.717) is 11.5 Å². The molecule has 1 N–H and O–H groups in total. The average molecular weight is 406 g/mol. The van der Waals surface area contributed by atoms with Crippen LogP contribution in [0.5, 0.6) is 0 Å². The minimum Gasteiger partial charge on any atom is -0.448 e. The molecular formula is C19H20ClN3O3S. The van der Waals surface area contributed by atoms with Crippen molar-refractivity contribution in [2.75, 3.05) is 6.54 Å². The van der Waals surface area contributed by atoms with Crippen molar-refractivity contribution in [2.45, 2.75) is 32.3 Å². The summed E-state index contributed by atoms with van der Waals surface area (Å²) in [5.41, 5.74) is 1.29. The highest BCUT2D eigenvalue weighted by molar-refractivity contribution is 7.15. The smallest absolute Gasteiger partial charge is 0.359 e. The second-order valence-corrected chi connectivity index (χ2v) is 7.35. The van der Waals surface area contributed by atoms with E-state index in [1.165, 1.54) is 18.3 Å². The van der Waals surface area contributed by atoms with Gasteiger partial charge in [0.25, 0.3) is 5.91 Å². The molecule has 0 saturated carbocycles. The molecule has 8 heteroatoms. The number of thiazole rings is 1. The van der Waals surface area contributed by atoms with Crippen molar-refractivity contribution >= 4 is 39.8 Å². The summed E-state index contributed by atoms with van der Waals surface area (Å²) in [5.74, 6) is -0.823. The van der Waals surface area contributed by atoms with E-state index >= 15 is 0 Å². The van der Waals surface area contributed by atoms with Crippen LogP contribution < -0.4 is 5.32 Å². The molecule has 0 unspecified atom stereocenters. The van der Waals surface area contributed by atoms with Gasteiger partial charge in [0.05, 0.1) is 0 Å². The Hall–Kier alpha value is -2.38. The van der Waals surface area contributed by atoms with E-state index in [9.17, 15) is 9.59 Å². The number of esters is 1. The summed E-state index contributed by atoms with van der Waals surface area (Å²) in [6.07, 6.45) is 1.64. The minimum atomic E-state index is -0.939. The predicted octanol–water partition coefficient (Wildman–Crippen LogP) is 3.90. The monoisotopic (exact) mass is 405 g/mol. The molecule has 2 aromatic heterocycles. The average Bonchev–Trinajstić information content (AvgIpc) is 3.22. The summed E-state index contributed by atoms with van der Waals surface area (Å²) in [6.45, 7) is 4.08. The first-order valence-electron chi connectivity index (χ1n) is 8.66. The fourth-order valence-corrected chi connectivity index (χ4v) is 3.81. The summed E-state index contributed by atoms with van der Waals surface area (Å²) in [7, 11) is 0. The van der Waals surface area contributed by atoms with Crippen LogP contribution in [0.1, 0.15) is 42.2 Å². The summed E-state index contributed by atoms with van der Waals surface area (Å²) in [5, 5.41) is 4.72. The normalized spacial score (nSPS) is 13.3. The number of aromatic nitrogens is 2. The van der Waals surface area contributed by atoms with Crippen LogP contribution >= 0.6 is 22.9 Å². The van der Waals surface area contributed by atoms with E-state index in [1.807, 2.05) is 30.3 Å². The Bertz CT molecular complexity index is 938. The summed E-state index contributed by atoms with van der Waals surface area (Å²) in [6, 6.07) is 9.99. The highest BCUT2D eigenvalue weighted by Crippen LogP contribution is 2.22. The number of imidazole rings is 1. The standard InChI is InChI=1S/C19H20ClN3O3S/c1-3-13(14-7-5-4-6-8-14)11-21-17(24)12(2)26-18(25)15-16(20)22-19-23(15)9-10-27-19/h4-10,12-13H,3,11H2,1-2H3,(H,21,24)/t12-,13+/m0/s1. The number of nitrogens with one attached hydrogen (secondary N) is 1. The number of rotatable bonds is 7. The number of carbonyl (C=O) groups is 2. The molecule has 0 aliphatic carbocycles. The van der Waals surface area contributed by atoms with Gasteiger partial charge in [0.15, 0.2) is 21.9 Å². The number of hydrogen-bond donors (Lipinski definition) is 1. The van der Waals surface area contributed by atoms with E-state index in [0.717, 1.165) is 12.0 Å². The molecule has 2 atom stereocenters. The Kier molecular flexibility index (Phi) is 6.13. The molecular weight excluding hydrogens is 386 g/mol. The molecule has 0 saturated heterocycles. The maximum atomic E-state index is 12.4. The maximum Gasteiger partial charge on any atom is 0.359 e. The molecule has 6 nitrogen and oxygen atoms in total. The summed E-state index contributed by atoms with van der Waals surface area (Å²) >= 11 is 7.39. The zero-order valence-electron chi connectivity index (χ0n) is 15.0. The van der Waals surface area contributed by atoms with E-state index < -0.39 is 12.1 Å². The highest BCUT2D eigenvalue weighted by atomic mass is 35.5. The number of benzene rings is 1. The third-order valence-electron chi connectivity index (χ3n) is 4.35. The van der Waals surface area contributed by atoms with Crippen LogP contribution in [-0.2, 0) is 9.53 Å². The zero-order chi connectivity index (χ0) is 19.4. The third kappa shape index (κ3) is 4.31. The van der Waals surface area contributed by atoms with Gasteiger partial charge in [-0.2, -0.15) is 0 Å². The van der Waals surface area contributed by atoms with Gasteiger partial charge in [-0.05, 0) is 18.9 Å². The van der Waals surface area contributed by atoms with Gasteiger partial charge < -0.3 is 10.1 Å². The van der Waals surface area contributed by atoms with Crippen LogP contribution in [0.15, 0.2) is 41.9 Å². The zero-order valence-corrected chi connectivity index (χ0v) is 16.6. The molecule has 3 rings (SSSR count). The second kappa shape index (κ2) is 8.54. The SMILES string of the molecule is CC[C@H](CNC(=O)[C@H](C)OC(=O)c1c(Cl)nc2sccn12)c1ccccc1. The lowest BCUT2D eigenvalue weighted by molar-refractivity contribution is -0.129. The van der Waals surface area contributed by atoms with Crippen molar-refractivity contribution in [1.82, 2.24) is 14.7 Å². The number of amides is 1. The second-order valence-electron chi connectivity index (χ2n) is 6.12. The fraction of sp³-hybridized carbons (Fsp3) is 0.316. The van der Waals surface area contributed by atoms with E-state index in [2.05, 4.69) is 17.2 Å². The lowest BCUT2D eigenvalue weighted by Gasteiger charge is -2.18. The number of halogens is 1. The summed E-state index contributed by atoms with van der Waals surface area (Å²) in [4.78, 5) is 29.5. The lowest BCUT2D eigenvalue weighted by Crippen LogP contribution is -2.38. The van der Waals surface area contributed by atoms with Crippen LogP contribution in [0.2, 0.25) is 5.15 Å². The molecule has 142 valence electrons. The number of ether oxygens (including phenoxy) is 1. The van der Waals surface area contributed by atoms with Crippen LogP contribution in [-0.4, -0.2) is 33.9 Å². The van der Waals surface area contributed by atoms with Crippen molar-refractivity contribution in [2.24, 2.45) is 0 Å². The number of carbonyl (C=O) groups excluding carboxylic acids is 2. The van der Waals surface area contributed by atoms with Crippen LogP contribution in [0.4, 0.5) is 0 Å². The first-order valence-corrected chi connectivity index (χ1v) is 9.91. The summed E-state index contributed by atoms with van der Waals surface area (Å²) < 4.78 is 6.85. The van der Waals surface area contributed by atoms with E-state index in [-0.39, 0.29) is 22.7 Å². The van der Waals surface area contributed by atoms with Gasteiger partial charge in [-0.25, -0.2) is 9.78 Å². The van der Waals surface area contributed by atoms with Gasteiger partial charge in [0.2, 0.25) is 0 Å². The fourth-order valence-electron chi connectivity index (χ4n) is 2.80. The van der Waals surface area contributed by atoms with Gasteiger partial charge in [0.1, 0.15) is 0 Å². The van der Waals surface area contributed by atoms with Crippen molar-refractivity contribution in [1.29, 1.82) is 0 Å². The maximum absolute atomic E-state index is 12.4. The minimum absolute atomic E-state index is 0.0644. The molecule has 0 fully saturated rings. The predicted molar refractivity (Wildman–Crippen MR) is 105 cm³/mol. The molecule has 0 aliphatic rings. The number of fused-ring (bicyclic) bond motifs is 1. The Morgan fingerprint density at radius 3 is 2.78 bits per heavy atom. The Balaban J connectivity index is 1.59. The molecule has 0 bridgehead atoms. The molecule has 3 aromatic rings. The Morgan fingerprint density at radius 1 is 1.33 bits per heavy atom. The van der Waals surface area contributed by atoms with Gasteiger partial charge >= 0.3 is 5.97 Å². The van der Waals surface area contributed by atoms with Crippen LogP contribution in [0, 0.1) is 0 Å². The Labute approximate surface area is 166 Å². The van der Waals surface area contributed by atoms with Crippen molar-refractivity contribution < 1.29 is 14.3 Å². The quantitative estimate of drug-likeness (QED) is 0.605. The topological polar surface area (TPSA) is 72.7 Å². The molecule has 0 aliphatic heterocycles. The highest BCUT2D eigenvalue weighted by Gasteiger charge is 2.25. The van der Waals surface area contributed by atoms with Crippen molar-refractivity contribution in [3.63, 3.8) is 0 Å². The van der Waals surface area contributed by atoms with Gasteiger partial charge in [-0.15, -0.1) is 11.3 Å². The molecule has 0 radical (unpaired) electrons. The van der Waals surface area contributed by atoms with Crippen LogP contribution in [0.25, 0.3) is 4.96 Å². The van der Waals surface area contributed by atoms with Gasteiger partial charge in [-0.3, -0.25) is 9.20 Å². The van der Waals surface area contributed by atoms with E-state index in [1.54, 1.807) is 16.0 Å². The van der Waals surface area contributed by atoms with E-state index in [4.69, 9.17) is 16.3 Å². The first kappa shape index (κ1) is 19.4. The third-order valence-corrected chi connectivity index (χ3v) is 5.37. The largest absolute Gasteiger partial charge is 0.448 e. The molecule has 0 spiro atoms. The first-order chi connectivity index (χ1) is 13.0. The van der Waals surface area contributed by atoms with Gasteiger partial charge in [-0.1, -0.05) is 48.9 Å². The molecule has 2 heterocycles. The molecule has 1 amide bonds. The number of nitrogens with zero attached hydrogens (tertiary/aromatic N) is 2. The Morgan fingerprint density at radius 2 is 2.07 bits per heavy atom. The number of hydrogen-bond acceptors (Lipinski definition) is 5.